The van der Waals surface area contributed by atoms with Crippen LogP contribution in [0, 0.1) is 17.0 Å². The molecule has 0 radical (unpaired) electrons. The highest BCUT2D eigenvalue weighted by atomic mass is 19.1. The number of carbonyl (C=O) groups excluding carboxylic acids is 2. The predicted octanol–water partition coefficient (Wildman–Crippen LogP) is 3.12. The van der Waals surface area contributed by atoms with Crippen molar-refractivity contribution in [2.75, 3.05) is 13.1 Å². The maximum absolute atomic E-state index is 13.7. The van der Waals surface area contributed by atoms with Gasteiger partial charge in [-0.2, -0.15) is 0 Å². The molecule has 2 aromatic rings. The normalized spacial score (nSPS) is 16.3. The Morgan fingerprint density at radius 2 is 1.96 bits per heavy atom. The Balaban J connectivity index is 1.56. The molecule has 0 bridgehead atoms. The summed E-state index contributed by atoms with van der Waals surface area (Å²) >= 11 is 0. The van der Waals surface area contributed by atoms with Gasteiger partial charge in [-0.05, 0) is 31.0 Å². The van der Waals surface area contributed by atoms with E-state index < -0.39 is 17.0 Å². The van der Waals surface area contributed by atoms with Gasteiger partial charge in [-0.25, -0.2) is 8.78 Å². The number of furan rings is 1. The summed E-state index contributed by atoms with van der Waals surface area (Å²) in [5, 5.41) is 2.72. The Hall–Kier alpha value is -2.70. The van der Waals surface area contributed by atoms with Gasteiger partial charge in [-0.1, -0.05) is 13.0 Å². The van der Waals surface area contributed by atoms with E-state index in [9.17, 15) is 18.4 Å². The summed E-state index contributed by atoms with van der Waals surface area (Å²) in [7, 11) is 0. The van der Waals surface area contributed by atoms with Crippen LogP contribution in [0.4, 0.5) is 8.78 Å². The second kappa shape index (κ2) is 7.27. The summed E-state index contributed by atoms with van der Waals surface area (Å²) in [5.41, 5.74) is -0.412. The smallest absolute Gasteiger partial charge is 0.289 e. The third-order valence-corrected chi connectivity index (χ3v) is 4.89. The fourth-order valence-corrected chi connectivity index (χ4v) is 3.04. The molecule has 0 unspecified atom stereocenters. The predicted molar refractivity (Wildman–Crippen MR) is 90.2 cm³/mol. The number of nitrogens with zero attached hydrogens (tertiary/aromatic N) is 1. The molecule has 0 saturated carbocycles. The number of amides is 2. The molecule has 7 heteroatoms. The number of benzene rings is 1. The molecule has 2 heterocycles. The zero-order valence-electron chi connectivity index (χ0n) is 14.4. The lowest BCUT2D eigenvalue weighted by Gasteiger charge is -2.37. The van der Waals surface area contributed by atoms with E-state index in [0.717, 1.165) is 12.1 Å². The standard InChI is InChI=1S/C19H20F2N2O3/c1-19(18(25)22-12-13-4-5-14(20)11-15(13)21)6-8-23(9-7-19)17(24)16-3-2-10-26-16/h2-5,10-11H,6-9,12H2,1H3,(H,22,25). The van der Waals surface area contributed by atoms with Gasteiger partial charge in [0.05, 0.1) is 6.26 Å². The van der Waals surface area contributed by atoms with E-state index in [1.165, 1.54) is 12.3 Å². The van der Waals surface area contributed by atoms with Crippen LogP contribution in [0.2, 0.25) is 0 Å². The number of halogens is 2. The zero-order valence-corrected chi connectivity index (χ0v) is 14.4. The van der Waals surface area contributed by atoms with Crippen molar-refractivity contribution in [1.29, 1.82) is 0 Å². The SMILES string of the molecule is CC1(C(=O)NCc2ccc(F)cc2F)CCN(C(=O)c2ccco2)CC1. The van der Waals surface area contributed by atoms with Gasteiger partial charge in [-0.3, -0.25) is 9.59 Å². The van der Waals surface area contributed by atoms with Crippen molar-refractivity contribution in [3.63, 3.8) is 0 Å². The minimum Gasteiger partial charge on any atom is -0.459 e. The summed E-state index contributed by atoms with van der Waals surface area (Å²) in [6.45, 7) is 2.70. The largest absolute Gasteiger partial charge is 0.459 e. The van der Waals surface area contributed by atoms with Crippen molar-refractivity contribution in [3.8, 4) is 0 Å². The molecule has 1 aliphatic rings. The Morgan fingerprint density at radius 3 is 2.58 bits per heavy atom. The van der Waals surface area contributed by atoms with Gasteiger partial charge < -0.3 is 14.6 Å². The molecule has 3 rings (SSSR count). The third-order valence-electron chi connectivity index (χ3n) is 4.89. The number of nitrogens with one attached hydrogen (secondary N) is 1. The fraction of sp³-hybridized carbons (Fsp3) is 0.368. The summed E-state index contributed by atoms with van der Waals surface area (Å²) in [5.74, 6) is -1.45. The lowest BCUT2D eigenvalue weighted by Crippen LogP contribution is -2.48. The monoisotopic (exact) mass is 362 g/mol. The van der Waals surface area contributed by atoms with Crippen molar-refractivity contribution in [3.05, 3.63) is 59.6 Å². The average Bonchev–Trinajstić information content (AvgIpc) is 3.15. The summed E-state index contributed by atoms with van der Waals surface area (Å²) in [4.78, 5) is 26.5. The van der Waals surface area contributed by atoms with E-state index in [1.54, 1.807) is 17.0 Å². The summed E-state index contributed by atoms with van der Waals surface area (Å²) in [6.07, 6.45) is 2.44. The number of hydrogen-bond acceptors (Lipinski definition) is 3. The van der Waals surface area contributed by atoms with Crippen LogP contribution >= 0.6 is 0 Å². The first-order valence-electron chi connectivity index (χ1n) is 8.44. The van der Waals surface area contributed by atoms with E-state index in [-0.39, 0.29) is 29.7 Å². The molecule has 1 saturated heterocycles. The van der Waals surface area contributed by atoms with Gasteiger partial charge >= 0.3 is 0 Å². The lowest BCUT2D eigenvalue weighted by atomic mass is 9.79. The molecule has 0 atom stereocenters. The minimum atomic E-state index is -0.686. The van der Waals surface area contributed by atoms with Crippen LogP contribution in [0.25, 0.3) is 0 Å². The van der Waals surface area contributed by atoms with Gasteiger partial charge in [0.15, 0.2) is 5.76 Å². The Labute approximate surface area is 150 Å². The molecule has 0 spiro atoms. The van der Waals surface area contributed by atoms with E-state index in [1.807, 2.05) is 6.92 Å². The molecule has 1 N–H and O–H groups in total. The van der Waals surface area contributed by atoms with Crippen molar-refractivity contribution in [1.82, 2.24) is 10.2 Å². The highest BCUT2D eigenvalue weighted by Crippen LogP contribution is 2.32. The van der Waals surface area contributed by atoms with E-state index >= 15 is 0 Å². The quantitative estimate of drug-likeness (QED) is 0.909. The highest BCUT2D eigenvalue weighted by Gasteiger charge is 2.38. The topological polar surface area (TPSA) is 62.6 Å². The van der Waals surface area contributed by atoms with Gasteiger partial charge in [0.25, 0.3) is 5.91 Å². The number of rotatable bonds is 4. The van der Waals surface area contributed by atoms with E-state index in [2.05, 4.69) is 5.32 Å². The second-order valence-electron chi connectivity index (χ2n) is 6.75. The third kappa shape index (κ3) is 3.76. The Morgan fingerprint density at radius 1 is 1.23 bits per heavy atom. The first-order valence-corrected chi connectivity index (χ1v) is 8.44. The van der Waals surface area contributed by atoms with Crippen LogP contribution < -0.4 is 5.32 Å². The lowest BCUT2D eigenvalue weighted by molar-refractivity contribution is -0.132. The van der Waals surface area contributed by atoms with Gasteiger partial charge in [0, 0.05) is 36.7 Å². The molecule has 138 valence electrons. The van der Waals surface area contributed by atoms with Gasteiger partial charge in [-0.15, -0.1) is 0 Å². The molecular formula is C19H20F2N2O3. The van der Waals surface area contributed by atoms with Gasteiger partial charge in [0.1, 0.15) is 11.6 Å². The summed E-state index contributed by atoms with van der Waals surface area (Å²) < 4.78 is 31.7. The Kier molecular flexibility index (Phi) is 5.06. The fourth-order valence-electron chi connectivity index (χ4n) is 3.04. The average molecular weight is 362 g/mol. The number of carbonyl (C=O) groups is 2. The molecule has 1 aliphatic heterocycles. The molecule has 1 aromatic heterocycles. The van der Waals surface area contributed by atoms with Crippen LogP contribution in [0.1, 0.15) is 35.9 Å². The molecule has 2 amide bonds. The first kappa shape index (κ1) is 18.1. The Bertz CT molecular complexity index is 797. The van der Waals surface area contributed by atoms with E-state index in [4.69, 9.17) is 4.42 Å². The van der Waals surface area contributed by atoms with E-state index in [0.29, 0.717) is 25.9 Å². The second-order valence-corrected chi connectivity index (χ2v) is 6.75. The maximum atomic E-state index is 13.7. The number of likely N-dealkylation sites (tertiary alicyclic amines) is 1. The van der Waals surface area contributed by atoms with Crippen LogP contribution in [0.15, 0.2) is 41.0 Å². The van der Waals surface area contributed by atoms with Crippen molar-refractivity contribution in [2.45, 2.75) is 26.3 Å². The zero-order chi connectivity index (χ0) is 18.7. The molecule has 26 heavy (non-hydrogen) atoms. The van der Waals surface area contributed by atoms with Crippen LogP contribution in [0.5, 0.6) is 0 Å². The number of hydrogen-bond donors (Lipinski definition) is 1. The number of piperidine rings is 1. The highest BCUT2D eigenvalue weighted by molar-refractivity contribution is 5.91. The van der Waals surface area contributed by atoms with Gasteiger partial charge in [0.2, 0.25) is 5.91 Å². The first-order chi connectivity index (χ1) is 12.4. The molecule has 0 aliphatic carbocycles. The summed E-state index contributed by atoms with van der Waals surface area (Å²) in [6, 6.07) is 6.54. The maximum Gasteiger partial charge on any atom is 0.289 e. The van der Waals surface area contributed by atoms with Crippen LogP contribution in [-0.2, 0) is 11.3 Å². The molecular weight excluding hydrogens is 342 g/mol. The minimum absolute atomic E-state index is 0.00439. The van der Waals surface area contributed by atoms with Crippen LogP contribution in [-0.4, -0.2) is 29.8 Å². The van der Waals surface area contributed by atoms with Crippen molar-refractivity contribution in [2.24, 2.45) is 5.41 Å². The van der Waals surface area contributed by atoms with Crippen LogP contribution in [0.3, 0.4) is 0 Å². The molecule has 5 nitrogen and oxygen atoms in total. The molecule has 1 aromatic carbocycles. The van der Waals surface area contributed by atoms with Crippen molar-refractivity contribution >= 4 is 11.8 Å². The molecule has 1 fully saturated rings. The van der Waals surface area contributed by atoms with Crippen molar-refractivity contribution < 1.29 is 22.8 Å².